The van der Waals surface area contributed by atoms with Crippen molar-refractivity contribution in [3.05, 3.63) is 0 Å². The zero-order valence-electron chi connectivity index (χ0n) is 10.4. The Kier molecular flexibility index (Phi) is 5.06. The Morgan fingerprint density at radius 1 is 1.56 bits per heavy atom. The molecule has 0 aliphatic carbocycles. The van der Waals surface area contributed by atoms with Crippen LogP contribution < -0.4 is 5.32 Å². The highest BCUT2D eigenvalue weighted by Crippen LogP contribution is 2.22. The molecule has 1 N–H and O–H groups in total. The average molecular weight is 248 g/mol. The van der Waals surface area contributed by atoms with Gasteiger partial charge >= 0.3 is 0 Å². The number of nitrogens with one attached hydrogen (secondary N) is 1. The predicted octanol–water partition coefficient (Wildman–Crippen LogP) is 2.18. The maximum Gasteiger partial charge on any atom is 0.225 e. The largest absolute Gasteiger partial charge is 0.378 e. The zero-order valence-corrected chi connectivity index (χ0v) is 11.1. The lowest BCUT2D eigenvalue weighted by Gasteiger charge is -2.24. The lowest BCUT2D eigenvalue weighted by Crippen LogP contribution is -2.38. The highest BCUT2D eigenvalue weighted by molar-refractivity contribution is 6.17. The van der Waals surface area contributed by atoms with E-state index >= 15 is 0 Å². The van der Waals surface area contributed by atoms with Gasteiger partial charge in [-0.3, -0.25) is 4.79 Å². The van der Waals surface area contributed by atoms with Crippen LogP contribution in [0.4, 0.5) is 0 Å². The topological polar surface area (TPSA) is 38.3 Å². The first-order valence-corrected chi connectivity index (χ1v) is 6.43. The summed E-state index contributed by atoms with van der Waals surface area (Å²) in [6, 6.07) is 0. The van der Waals surface area contributed by atoms with Crippen LogP contribution in [-0.4, -0.2) is 31.0 Å². The molecule has 0 aromatic heterocycles. The zero-order chi connectivity index (χ0) is 12.2. The van der Waals surface area contributed by atoms with Gasteiger partial charge in [-0.25, -0.2) is 0 Å². The average Bonchev–Trinajstić information content (AvgIpc) is 2.61. The summed E-state index contributed by atoms with van der Waals surface area (Å²) in [6.07, 6.45) is 1.96. The van der Waals surface area contributed by atoms with E-state index < -0.39 is 0 Å². The van der Waals surface area contributed by atoms with Crippen LogP contribution >= 0.6 is 11.6 Å². The number of hydrogen-bond acceptors (Lipinski definition) is 2. The summed E-state index contributed by atoms with van der Waals surface area (Å²) in [5.74, 6) is 0.778. The summed E-state index contributed by atoms with van der Waals surface area (Å²) in [5, 5.41) is 2.99. The molecule has 2 unspecified atom stereocenters. The molecular weight excluding hydrogens is 226 g/mol. The summed E-state index contributed by atoms with van der Waals surface area (Å²) in [4.78, 5) is 11.8. The van der Waals surface area contributed by atoms with Crippen molar-refractivity contribution in [1.29, 1.82) is 0 Å². The summed E-state index contributed by atoms with van der Waals surface area (Å²) in [6.45, 7) is 7.48. The summed E-state index contributed by atoms with van der Waals surface area (Å²) >= 11 is 5.71. The first-order chi connectivity index (χ1) is 7.44. The minimum Gasteiger partial charge on any atom is -0.378 e. The van der Waals surface area contributed by atoms with Crippen molar-refractivity contribution in [3.8, 4) is 0 Å². The van der Waals surface area contributed by atoms with Gasteiger partial charge in [0.05, 0.1) is 18.6 Å². The van der Waals surface area contributed by atoms with Gasteiger partial charge in [-0.1, -0.05) is 13.8 Å². The van der Waals surface area contributed by atoms with Crippen LogP contribution in [0.15, 0.2) is 0 Å². The van der Waals surface area contributed by atoms with Gasteiger partial charge in [-0.2, -0.15) is 0 Å². The van der Waals surface area contributed by atoms with Gasteiger partial charge in [0, 0.05) is 12.4 Å². The Hall–Kier alpha value is -0.280. The van der Waals surface area contributed by atoms with Crippen molar-refractivity contribution in [1.82, 2.24) is 5.32 Å². The van der Waals surface area contributed by atoms with Crippen LogP contribution in [0.2, 0.25) is 0 Å². The Labute approximate surface area is 103 Å². The van der Waals surface area contributed by atoms with Gasteiger partial charge in [0.1, 0.15) is 0 Å². The van der Waals surface area contributed by atoms with Gasteiger partial charge in [0.15, 0.2) is 0 Å². The molecule has 0 aromatic rings. The minimum absolute atomic E-state index is 0.0294. The first-order valence-electron chi connectivity index (χ1n) is 5.90. The number of alkyl halides is 1. The molecule has 3 nitrogen and oxygen atoms in total. The molecule has 1 aliphatic rings. The molecule has 0 radical (unpaired) electrons. The number of halogens is 1. The van der Waals surface area contributed by atoms with Gasteiger partial charge in [0.2, 0.25) is 5.91 Å². The van der Waals surface area contributed by atoms with Crippen LogP contribution in [0.1, 0.15) is 33.6 Å². The Balaban J connectivity index is 2.29. The number of rotatable bonds is 5. The quantitative estimate of drug-likeness (QED) is 0.757. The number of carbonyl (C=O) groups is 1. The molecule has 1 amide bonds. The molecule has 0 bridgehead atoms. The van der Waals surface area contributed by atoms with Crippen molar-refractivity contribution in [2.75, 3.05) is 19.0 Å². The van der Waals surface area contributed by atoms with E-state index in [1.165, 1.54) is 0 Å². The fourth-order valence-electron chi connectivity index (χ4n) is 1.81. The van der Waals surface area contributed by atoms with Crippen LogP contribution in [0.3, 0.4) is 0 Å². The van der Waals surface area contributed by atoms with Gasteiger partial charge in [-0.15, -0.1) is 11.6 Å². The van der Waals surface area contributed by atoms with Gasteiger partial charge in [-0.05, 0) is 25.2 Å². The van der Waals surface area contributed by atoms with Gasteiger partial charge < -0.3 is 10.1 Å². The molecule has 0 saturated carbocycles. The second-order valence-corrected chi connectivity index (χ2v) is 5.78. The van der Waals surface area contributed by atoms with Gasteiger partial charge in [0.25, 0.3) is 0 Å². The molecule has 16 heavy (non-hydrogen) atoms. The molecule has 1 fully saturated rings. The third kappa shape index (κ3) is 4.30. The fourth-order valence-corrected chi connectivity index (χ4v) is 2.33. The third-order valence-corrected chi connectivity index (χ3v) is 3.27. The number of amides is 1. The van der Waals surface area contributed by atoms with E-state index in [1.54, 1.807) is 0 Å². The van der Waals surface area contributed by atoms with Crippen molar-refractivity contribution < 1.29 is 9.53 Å². The van der Waals surface area contributed by atoms with Crippen molar-refractivity contribution in [3.63, 3.8) is 0 Å². The standard InChI is InChI=1S/C12H22ClNO2/c1-9-6-10(7-16-9)11(15)14-8-12(2,3)4-5-13/h9-10H,4-8H2,1-3H3,(H,14,15). The Morgan fingerprint density at radius 2 is 2.25 bits per heavy atom. The minimum atomic E-state index is 0.0294. The molecule has 2 atom stereocenters. The maximum atomic E-state index is 11.8. The number of ether oxygens (including phenoxy) is 1. The van der Waals surface area contributed by atoms with Crippen LogP contribution in [0.5, 0.6) is 0 Å². The van der Waals surface area contributed by atoms with E-state index in [0.29, 0.717) is 19.0 Å². The Morgan fingerprint density at radius 3 is 2.75 bits per heavy atom. The maximum absolute atomic E-state index is 11.8. The SMILES string of the molecule is CC1CC(C(=O)NCC(C)(C)CCCl)CO1. The monoisotopic (exact) mass is 247 g/mol. The normalized spacial score (nSPS) is 25.8. The van der Waals surface area contributed by atoms with Crippen molar-refractivity contribution in [2.24, 2.45) is 11.3 Å². The smallest absolute Gasteiger partial charge is 0.225 e. The molecule has 0 aromatic carbocycles. The molecule has 1 saturated heterocycles. The van der Waals surface area contributed by atoms with E-state index in [9.17, 15) is 4.79 Å². The second-order valence-electron chi connectivity index (χ2n) is 5.40. The number of hydrogen-bond donors (Lipinski definition) is 1. The molecule has 1 aliphatic heterocycles. The molecular formula is C12H22ClNO2. The Bertz CT molecular complexity index is 243. The fraction of sp³-hybridized carbons (Fsp3) is 0.917. The third-order valence-electron chi connectivity index (χ3n) is 3.08. The second kappa shape index (κ2) is 5.87. The molecule has 4 heteroatoms. The van der Waals surface area contributed by atoms with Crippen molar-refractivity contribution in [2.45, 2.75) is 39.7 Å². The number of carbonyl (C=O) groups excluding carboxylic acids is 1. The first kappa shape index (κ1) is 13.8. The van der Waals surface area contributed by atoms with Crippen LogP contribution in [-0.2, 0) is 9.53 Å². The van der Waals surface area contributed by atoms with E-state index in [-0.39, 0.29) is 23.3 Å². The molecule has 1 heterocycles. The molecule has 0 spiro atoms. The summed E-state index contributed by atoms with van der Waals surface area (Å²) < 4.78 is 5.38. The van der Waals surface area contributed by atoms with Crippen LogP contribution in [0, 0.1) is 11.3 Å². The molecule has 94 valence electrons. The highest BCUT2D eigenvalue weighted by atomic mass is 35.5. The lowest BCUT2D eigenvalue weighted by molar-refractivity contribution is -0.125. The van der Waals surface area contributed by atoms with E-state index in [4.69, 9.17) is 16.3 Å². The van der Waals surface area contributed by atoms with E-state index in [2.05, 4.69) is 19.2 Å². The van der Waals surface area contributed by atoms with E-state index in [0.717, 1.165) is 12.8 Å². The van der Waals surface area contributed by atoms with Crippen molar-refractivity contribution >= 4 is 17.5 Å². The predicted molar refractivity (Wildman–Crippen MR) is 65.6 cm³/mol. The molecule has 1 rings (SSSR count). The summed E-state index contributed by atoms with van der Waals surface area (Å²) in [7, 11) is 0. The highest BCUT2D eigenvalue weighted by Gasteiger charge is 2.29. The summed E-state index contributed by atoms with van der Waals surface area (Å²) in [5.41, 5.74) is 0.0719. The van der Waals surface area contributed by atoms with Crippen LogP contribution in [0.25, 0.3) is 0 Å². The lowest BCUT2D eigenvalue weighted by atomic mass is 9.90. The van der Waals surface area contributed by atoms with E-state index in [1.807, 2.05) is 6.92 Å².